The molecule has 5 atom stereocenters. The van der Waals surface area contributed by atoms with Crippen LogP contribution in [0.15, 0.2) is 60.9 Å². The van der Waals surface area contributed by atoms with Crippen molar-refractivity contribution in [3.8, 4) is 33.6 Å². The highest BCUT2D eigenvalue weighted by Crippen LogP contribution is 2.37. The van der Waals surface area contributed by atoms with E-state index in [0.717, 1.165) is 64.6 Å². The maximum Gasteiger partial charge on any atom is 0.407 e. The fraction of sp³-hybridized carbons (Fsp3) is 0.463. The SMILES string of the molecule is COC(=O)NC(C(=O)N1CCCC1c1ncc(-c2ccc(-c3ccc(-c4cnc(C5CC(C)CN5C(=O)C(NC(=O)OC)C(C)C)[nH]4)cc3)cc2)[nH]1)C(C)C. The van der Waals surface area contributed by atoms with E-state index in [9.17, 15) is 19.2 Å². The highest BCUT2D eigenvalue weighted by molar-refractivity contribution is 5.87. The van der Waals surface area contributed by atoms with Gasteiger partial charge in [-0.2, -0.15) is 0 Å². The molecule has 14 heteroatoms. The molecule has 4 amide bonds. The van der Waals surface area contributed by atoms with Crippen LogP contribution in [0.5, 0.6) is 0 Å². The van der Waals surface area contributed by atoms with E-state index in [1.165, 1.54) is 14.2 Å². The zero-order valence-corrected chi connectivity index (χ0v) is 32.6. The molecule has 2 fully saturated rings. The van der Waals surface area contributed by atoms with Gasteiger partial charge in [-0.25, -0.2) is 19.6 Å². The first kappa shape index (κ1) is 39.0. The lowest BCUT2D eigenvalue weighted by Gasteiger charge is -2.30. The standard InChI is InChI=1S/C41H52N8O6/c1-23(2)34(46-40(52)54-6)38(50)48-18-8-9-32(48)36-42-20-30(44-36)28-14-10-26(11-15-28)27-12-16-29(17-13-27)31-21-43-37(45-31)33-19-25(5)22-49(33)39(51)35(24(3)4)47-41(53)55-7/h10-17,20-21,23-25,32-35H,8-9,18-19,22H2,1-7H3,(H,42,44)(H,43,45)(H,46,52)(H,47,53). The summed E-state index contributed by atoms with van der Waals surface area (Å²) in [6.07, 6.45) is 4.75. The Morgan fingerprint density at radius 1 is 0.691 bits per heavy atom. The number of nitrogens with one attached hydrogen (secondary N) is 4. The quantitative estimate of drug-likeness (QED) is 0.135. The zero-order valence-electron chi connectivity index (χ0n) is 32.6. The van der Waals surface area contributed by atoms with Crippen molar-refractivity contribution >= 4 is 24.0 Å². The summed E-state index contributed by atoms with van der Waals surface area (Å²) in [4.78, 5) is 71.0. The van der Waals surface area contributed by atoms with Crippen molar-refractivity contribution in [3.05, 3.63) is 72.6 Å². The summed E-state index contributed by atoms with van der Waals surface area (Å²) < 4.78 is 9.52. The van der Waals surface area contributed by atoms with Gasteiger partial charge in [-0.05, 0) is 59.3 Å². The van der Waals surface area contributed by atoms with Gasteiger partial charge in [0.1, 0.15) is 23.7 Å². The molecule has 4 aromatic rings. The molecule has 0 aliphatic carbocycles. The van der Waals surface area contributed by atoms with Gasteiger partial charge in [0.05, 0.1) is 50.1 Å². The maximum absolute atomic E-state index is 13.7. The number of likely N-dealkylation sites (tertiary alicyclic amines) is 2. The smallest absolute Gasteiger partial charge is 0.407 e. The molecule has 14 nitrogen and oxygen atoms in total. The van der Waals surface area contributed by atoms with E-state index in [1.807, 2.05) is 32.6 Å². The second-order valence-corrected chi connectivity index (χ2v) is 15.3. The lowest BCUT2D eigenvalue weighted by atomic mass is 10.0. The Balaban J connectivity index is 1.12. The molecule has 2 saturated heterocycles. The number of ether oxygens (including phenoxy) is 2. The second-order valence-electron chi connectivity index (χ2n) is 15.3. The Kier molecular flexibility index (Phi) is 11.9. The molecule has 55 heavy (non-hydrogen) atoms. The first-order valence-electron chi connectivity index (χ1n) is 19.0. The van der Waals surface area contributed by atoms with Crippen LogP contribution in [0.4, 0.5) is 9.59 Å². The molecule has 4 heterocycles. The van der Waals surface area contributed by atoms with Crippen molar-refractivity contribution in [1.29, 1.82) is 0 Å². The number of carbonyl (C=O) groups excluding carboxylic acids is 4. The minimum atomic E-state index is -0.699. The lowest BCUT2D eigenvalue weighted by molar-refractivity contribution is -0.136. The van der Waals surface area contributed by atoms with Gasteiger partial charge >= 0.3 is 12.2 Å². The van der Waals surface area contributed by atoms with E-state index in [-0.39, 0.29) is 41.7 Å². The fourth-order valence-corrected chi connectivity index (χ4v) is 7.61. The molecule has 5 unspecified atom stereocenters. The van der Waals surface area contributed by atoms with Crippen LogP contribution in [0.25, 0.3) is 33.6 Å². The molecule has 0 spiro atoms. The molecule has 0 bridgehead atoms. The third-order valence-electron chi connectivity index (χ3n) is 10.7. The third kappa shape index (κ3) is 8.53. The number of carbonyl (C=O) groups is 4. The summed E-state index contributed by atoms with van der Waals surface area (Å²) in [7, 11) is 2.58. The van der Waals surface area contributed by atoms with E-state index in [1.54, 1.807) is 17.3 Å². The summed E-state index contributed by atoms with van der Waals surface area (Å²) in [5.74, 6) is 1.22. The molecule has 4 N–H and O–H groups in total. The second kappa shape index (κ2) is 16.8. The predicted octanol–water partition coefficient (Wildman–Crippen LogP) is 6.47. The van der Waals surface area contributed by atoms with E-state index < -0.39 is 24.3 Å². The molecule has 2 aromatic carbocycles. The van der Waals surface area contributed by atoms with Gasteiger partial charge in [0.25, 0.3) is 0 Å². The fourth-order valence-electron chi connectivity index (χ4n) is 7.61. The van der Waals surface area contributed by atoms with Crippen molar-refractivity contribution in [2.45, 2.75) is 78.0 Å². The minimum Gasteiger partial charge on any atom is -0.453 e. The molecule has 0 radical (unpaired) electrons. The summed E-state index contributed by atoms with van der Waals surface area (Å²) in [6, 6.07) is 14.7. The minimum absolute atomic E-state index is 0.105. The zero-order chi connectivity index (χ0) is 39.4. The van der Waals surface area contributed by atoms with Gasteiger partial charge in [-0.15, -0.1) is 0 Å². The summed E-state index contributed by atoms with van der Waals surface area (Å²) >= 11 is 0. The summed E-state index contributed by atoms with van der Waals surface area (Å²) in [6.45, 7) is 10.9. The molecule has 292 valence electrons. The van der Waals surface area contributed by atoms with Gasteiger partial charge in [-0.3, -0.25) is 9.59 Å². The third-order valence-corrected chi connectivity index (χ3v) is 10.7. The Hall–Kier alpha value is -5.66. The Bertz CT molecular complexity index is 1970. The molecular weight excluding hydrogens is 701 g/mol. The number of H-pyrrole nitrogens is 2. The number of benzene rings is 2. The number of aromatic nitrogens is 4. The van der Waals surface area contributed by atoms with Crippen molar-refractivity contribution < 1.29 is 28.7 Å². The molecule has 2 aliphatic heterocycles. The van der Waals surface area contributed by atoms with Crippen molar-refractivity contribution in [3.63, 3.8) is 0 Å². The molecule has 6 rings (SSSR count). The Labute approximate surface area is 321 Å². The maximum atomic E-state index is 13.7. The highest BCUT2D eigenvalue weighted by atomic mass is 16.5. The Morgan fingerprint density at radius 2 is 1.13 bits per heavy atom. The van der Waals surface area contributed by atoms with Crippen molar-refractivity contribution in [2.24, 2.45) is 17.8 Å². The van der Waals surface area contributed by atoms with Crippen LogP contribution < -0.4 is 10.6 Å². The van der Waals surface area contributed by atoms with E-state index >= 15 is 0 Å². The first-order valence-corrected chi connectivity index (χ1v) is 19.0. The largest absolute Gasteiger partial charge is 0.453 e. The van der Waals surface area contributed by atoms with Crippen LogP contribution in [0.3, 0.4) is 0 Å². The van der Waals surface area contributed by atoms with Crippen LogP contribution in [0.2, 0.25) is 0 Å². The van der Waals surface area contributed by atoms with E-state index in [2.05, 4.69) is 81.0 Å². The Morgan fingerprint density at radius 3 is 1.58 bits per heavy atom. The number of hydrogen-bond acceptors (Lipinski definition) is 8. The van der Waals surface area contributed by atoms with Crippen molar-refractivity contribution in [1.82, 2.24) is 40.4 Å². The van der Waals surface area contributed by atoms with Crippen LogP contribution in [-0.4, -0.2) is 93.1 Å². The van der Waals surface area contributed by atoms with Crippen LogP contribution >= 0.6 is 0 Å². The van der Waals surface area contributed by atoms with Crippen molar-refractivity contribution in [2.75, 3.05) is 27.3 Å². The van der Waals surface area contributed by atoms with Gasteiger partial charge in [-0.1, -0.05) is 83.1 Å². The van der Waals surface area contributed by atoms with Crippen LogP contribution in [-0.2, 0) is 19.1 Å². The highest BCUT2D eigenvalue weighted by Gasteiger charge is 2.40. The number of amides is 4. The van der Waals surface area contributed by atoms with Crippen LogP contribution in [0.1, 0.15) is 77.6 Å². The normalized spacial score (nSPS) is 19.4. The lowest BCUT2D eigenvalue weighted by Crippen LogP contribution is -2.51. The van der Waals surface area contributed by atoms with Crippen LogP contribution in [0, 0.1) is 17.8 Å². The average Bonchev–Trinajstić information content (AvgIpc) is 4.02. The van der Waals surface area contributed by atoms with Gasteiger partial charge < -0.3 is 39.9 Å². The number of rotatable bonds is 11. The number of methoxy groups -OCH3 is 2. The van der Waals surface area contributed by atoms with E-state index in [4.69, 9.17) is 14.5 Å². The number of hydrogen-bond donors (Lipinski definition) is 4. The molecular formula is C41H52N8O6. The average molecular weight is 753 g/mol. The summed E-state index contributed by atoms with van der Waals surface area (Å²) in [5, 5.41) is 5.40. The molecule has 0 saturated carbocycles. The number of imidazole rings is 2. The number of alkyl carbamates (subject to hydrolysis) is 2. The molecule has 2 aliphatic rings. The van der Waals surface area contributed by atoms with Gasteiger partial charge in [0.2, 0.25) is 11.8 Å². The first-order chi connectivity index (χ1) is 26.4. The van der Waals surface area contributed by atoms with E-state index in [0.29, 0.717) is 13.1 Å². The number of aromatic amines is 2. The monoisotopic (exact) mass is 752 g/mol. The predicted molar refractivity (Wildman–Crippen MR) is 207 cm³/mol. The van der Waals surface area contributed by atoms with Gasteiger partial charge in [0.15, 0.2) is 0 Å². The number of nitrogens with zero attached hydrogens (tertiary/aromatic N) is 4. The topological polar surface area (TPSA) is 175 Å². The summed E-state index contributed by atoms with van der Waals surface area (Å²) in [5.41, 5.74) is 5.77. The van der Waals surface area contributed by atoms with Gasteiger partial charge in [0, 0.05) is 13.1 Å². The molecule has 2 aromatic heterocycles.